The van der Waals surface area contributed by atoms with Gasteiger partial charge in [0.05, 0.1) is 21.9 Å². The van der Waals surface area contributed by atoms with Crippen LogP contribution in [-0.4, -0.2) is 26.5 Å². The number of pyridine rings is 2. The van der Waals surface area contributed by atoms with Gasteiger partial charge in [0.15, 0.2) is 11.6 Å². The predicted octanol–water partition coefficient (Wildman–Crippen LogP) is 5.95. The fourth-order valence-corrected chi connectivity index (χ4v) is 4.18. The van der Waals surface area contributed by atoms with Crippen LogP contribution in [0.5, 0.6) is 0 Å². The first kappa shape index (κ1) is 21.8. The number of nitrogens with one attached hydrogen (secondary N) is 1. The molecule has 7 heteroatoms. The second-order valence-corrected chi connectivity index (χ2v) is 8.41. The molecule has 5 aromatic rings. The molecule has 0 saturated carbocycles. The van der Waals surface area contributed by atoms with Crippen LogP contribution in [-0.2, 0) is 6.42 Å². The number of benzene rings is 2. The lowest BCUT2D eigenvalue weighted by Crippen LogP contribution is -2.12. The van der Waals surface area contributed by atoms with Crippen LogP contribution >= 0.6 is 11.6 Å². The summed E-state index contributed by atoms with van der Waals surface area (Å²) in [5.41, 5.74) is 12.3. The number of nitrogens with zero attached hydrogens (tertiary/aromatic N) is 4. The number of anilines is 2. The maximum Gasteiger partial charge on any atom is 0.169 e. The minimum atomic E-state index is 0.341. The molecule has 3 heterocycles. The van der Waals surface area contributed by atoms with E-state index in [4.69, 9.17) is 27.3 Å². The lowest BCUT2D eigenvalue weighted by Gasteiger charge is -2.15. The highest BCUT2D eigenvalue weighted by molar-refractivity contribution is 6.35. The summed E-state index contributed by atoms with van der Waals surface area (Å²) >= 11 is 6.59. The van der Waals surface area contributed by atoms with E-state index in [9.17, 15) is 0 Å². The number of halogens is 1. The Labute approximate surface area is 202 Å². The summed E-state index contributed by atoms with van der Waals surface area (Å²) < 4.78 is 0. The fourth-order valence-electron chi connectivity index (χ4n) is 3.91. The molecule has 6 nitrogen and oxygen atoms in total. The quantitative estimate of drug-likeness (QED) is 0.321. The number of aryl methyl sites for hydroxylation is 1. The Hall–Kier alpha value is -4.03. The van der Waals surface area contributed by atoms with Crippen LogP contribution in [0.2, 0.25) is 5.02 Å². The Morgan fingerprint density at radius 2 is 1.68 bits per heavy atom. The van der Waals surface area contributed by atoms with Gasteiger partial charge in [-0.25, -0.2) is 9.97 Å². The van der Waals surface area contributed by atoms with Crippen molar-refractivity contribution in [3.05, 3.63) is 95.4 Å². The second-order valence-electron chi connectivity index (χ2n) is 8.00. The van der Waals surface area contributed by atoms with Crippen molar-refractivity contribution in [3.8, 4) is 22.5 Å². The minimum absolute atomic E-state index is 0.341. The first-order valence-corrected chi connectivity index (χ1v) is 11.4. The Morgan fingerprint density at radius 3 is 2.50 bits per heavy atom. The van der Waals surface area contributed by atoms with E-state index in [0.717, 1.165) is 39.8 Å². The molecule has 0 spiro atoms. The number of nitrogens with two attached hydrogens (primary N) is 1. The first-order chi connectivity index (χ1) is 16.6. The van der Waals surface area contributed by atoms with Crippen LogP contribution in [0.4, 0.5) is 11.6 Å². The van der Waals surface area contributed by atoms with Crippen LogP contribution < -0.4 is 11.1 Å². The van der Waals surface area contributed by atoms with Crippen LogP contribution in [0.1, 0.15) is 11.4 Å². The third-order valence-corrected chi connectivity index (χ3v) is 5.81. The highest BCUT2D eigenvalue weighted by Crippen LogP contribution is 2.35. The van der Waals surface area contributed by atoms with Gasteiger partial charge in [-0.05, 0) is 37.3 Å². The molecule has 3 N–H and O–H groups in total. The maximum atomic E-state index is 6.59. The van der Waals surface area contributed by atoms with Crippen LogP contribution in [0.15, 0.2) is 79.0 Å². The van der Waals surface area contributed by atoms with Gasteiger partial charge in [0.2, 0.25) is 0 Å². The van der Waals surface area contributed by atoms with Gasteiger partial charge < -0.3 is 11.1 Å². The summed E-state index contributed by atoms with van der Waals surface area (Å²) in [5.74, 6) is 0.873. The molecule has 0 unspecified atom stereocenters. The molecule has 0 saturated heterocycles. The molecule has 0 aliphatic carbocycles. The fraction of sp³-hybridized carbons (Fsp3) is 0.111. The normalized spacial score (nSPS) is 11.0. The summed E-state index contributed by atoms with van der Waals surface area (Å²) in [5, 5.41) is 4.83. The molecule has 5 rings (SSSR count). The SMILES string of the molecule is Cc1cccc(CCNc2nc(-c3cc(Cl)c4ncccc4c3)c(-c3ccccc3)nc2N)n1. The number of rotatable bonds is 6. The molecular weight excluding hydrogens is 444 g/mol. The Balaban J connectivity index is 1.56. The summed E-state index contributed by atoms with van der Waals surface area (Å²) in [4.78, 5) is 18.6. The topological polar surface area (TPSA) is 89.6 Å². The molecule has 168 valence electrons. The zero-order valence-electron chi connectivity index (χ0n) is 18.7. The van der Waals surface area contributed by atoms with Crippen molar-refractivity contribution in [2.24, 2.45) is 0 Å². The van der Waals surface area contributed by atoms with Crippen molar-refractivity contribution in [1.29, 1.82) is 0 Å². The van der Waals surface area contributed by atoms with E-state index in [2.05, 4.69) is 15.3 Å². The number of fused-ring (bicyclic) bond motifs is 1. The van der Waals surface area contributed by atoms with Gasteiger partial charge in [0, 0.05) is 47.1 Å². The Kier molecular flexibility index (Phi) is 6.06. The number of hydrogen-bond donors (Lipinski definition) is 2. The molecule has 34 heavy (non-hydrogen) atoms. The standard InChI is InChI=1S/C27H23ClN6/c1-17-7-5-11-21(32-17)12-14-31-27-26(29)33-24(18-8-3-2-4-9-18)25(34-27)20-15-19-10-6-13-30-23(19)22(28)16-20/h2-11,13,15-16H,12,14H2,1H3,(H2,29,33)(H,31,34). The molecular formula is C27H23ClN6. The van der Waals surface area contributed by atoms with Gasteiger partial charge >= 0.3 is 0 Å². The third kappa shape index (κ3) is 4.54. The van der Waals surface area contributed by atoms with Gasteiger partial charge in [0.25, 0.3) is 0 Å². The zero-order chi connectivity index (χ0) is 23.5. The molecule has 0 amide bonds. The summed E-state index contributed by atoms with van der Waals surface area (Å²) in [6.45, 7) is 2.61. The van der Waals surface area contributed by atoms with Gasteiger partial charge in [0.1, 0.15) is 0 Å². The smallest absolute Gasteiger partial charge is 0.169 e. The predicted molar refractivity (Wildman–Crippen MR) is 139 cm³/mol. The highest BCUT2D eigenvalue weighted by atomic mass is 35.5. The third-order valence-electron chi connectivity index (χ3n) is 5.52. The summed E-state index contributed by atoms with van der Waals surface area (Å²) in [6.07, 6.45) is 2.48. The molecule has 0 atom stereocenters. The highest BCUT2D eigenvalue weighted by Gasteiger charge is 2.17. The monoisotopic (exact) mass is 466 g/mol. The molecule has 0 aliphatic heterocycles. The second kappa shape index (κ2) is 9.45. The molecule has 0 radical (unpaired) electrons. The summed E-state index contributed by atoms with van der Waals surface area (Å²) in [7, 11) is 0. The minimum Gasteiger partial charge on any atom is -0.381 e. The average Bonchev–Trinajstić information content (AvgIpc) is 2.85. The largest absolute Gasteiger partial charge is 0.381 e. The van der Waals surface area contributed by atoms with Crippen molar-refractivity contribution < 1.29 is 0 Å². The van der Waals surface area contributed by atoms with E-state index in [0.29, 0.717) is 34.6 Å². The van der Waals surface area contributed by atoms with E-state index >= 15 is 0 Å². The van der Waals surface area contributed by atoms with Crippen LogP contribution in [0, 0.1) is 6.92 Å². The van der Waals surface area contributed by atoms with Crippen molar-refractivity contribution in [1.82, 2.24) is 19.9 Å². The van der Waals surface area contributed by atoms with Crippen molar-refractivity contribution >= 4 is 34.1 Å². The molecule has 3 aromatic heterocycles. The maximum absolute atomic E-state index is 6.59. The van der Waals surface area contributed by atoms with Gasteiger partial charge in [-0.15, -0.1) is 0 Å². The van der Waals surface area contributed by atoms with E-state index in [1.165, 1.54) is 0 Å². The summed E-state index contributed by atoms with van der Waals surface area (Å²) in [6, 6.07) is 23.7. The van der Waals surface area contributed by atoms with Crippen molar-refractivity contribution in [2.75, 3.05) is 17.6 Å². The molecule has 0 bridgehead atoms. The van der Waals surface area contributed by atoms with Crippen LogP contribution in [0.3, 0.4) is 0 Å². The van der Waals surface area contributed by atoms with E-state index < -0.39 is 0 Å². The van der Waals surface area contributed by atoms with E-state index in [-0.39, 0.29) is 0 Å². The molecule has 0 aliphatic rings. The van der Waals surface area contributed by atoms with E-state index in [1.807, 2.05) is 79.7 Å². The van der Waals surface area contributed by atoms with Gasteiger partial charge in [-0.3, -0.25) is 9.97 Å². The number of nitrogen functional groups attached to an aromatic ring is 1. The Bertz CT molecular complexity index is 1470. The molecule has 2 aromatic carbocycles. The Morgan fingerprint density at radius 1 is 0.853 bits per heavy atom. The first-order valence-electron chi connectivity index (χ1n) is 11.0. The van der Waals surface area contributed by atoms with E-state index in [1.54, 1.807) is 6.20 Å². The van der Waals surface area contributed by atoms with Crippen molar-refractivity contribution in [2.45, 2.75) is 13.3 Å². The number of hydrogen-bond acceptors (Lipinski definition) is 6. The zero-order valence-corrected chi connectivity index (χ0v) is 19.4. The van der Waals surface area contributed by atoms with Crippen molar-refractivity contribution in [3.63, 3.8) is 0 Å². The average molecular weight is 467 g/mol. The lowest BCUT2D eigenvalue weighted by molar-refractivity contribution is 0.939. The van der Waals surface area contributed by atoms with Gasteiger partial charge in [-0.1, -0.05) is 54.1 Å². The van der Waals surface area contributed by atoms with Gasteiger partial charge in [-0.2, -0.15) is 0 Å². The number of aromatic nitrogens is 4. The van der Waals surface area contributed by atoms with Crippen LogP contribution in [0.25, 0.3) is 33.4 Å². The lowest BCUT2D eigenvalue weighted by atomic mass is 10.0. The molecule has 0 fully saturated rings.